The summed E-state index contributed by atoms with van der Waals surface area (Å²) in [6, 6.07) is 5.46. The summed E-state index contributed by atoms with van der Waals surface area (Å²) in [5.74, 6) is 2.21. The van der Waals surface area contributed by atoms with E-state index in [4.69, 9.17) is 0 Å². The molecule has 0 radical (unpaired) electrons. The average molecular weight is 255 g/mol. The second-order valence-corrected chi connectivity index (χ2v) is 5.73. The molecular formula is C14H22FNS. The Morgan fingerprint density at radius 2 is 2.18 bits per heavy atom. The molecule has 0 saturated carbocycles. The van der Waals surface area contributed by atoms with Gasteiger partial charge >= 0.3 is 0 Å². The van der Waals surface area contributed by atoms with Crippen molar-refractivity contribution in [3.63, 3.8) is 0 Å². The van der Waals surface area contributed by atoms with Crippen LogP contribution in [0.15, 0.2) is 18.2 Å². The molecule has 0 aliphatic heterocycles. The summed E-state index contributed by atoms with van der Waals surface area (Å²) in [7, 11) is 0. The van der Waals surface area contributed by atoms with Crippen LogP contribution >= 0.6 is 11.8 Å². The average Bonchev–Trinajstić information content (AvgIpc) is 2.31. The number of aryl methyl sites for hydroxylation is 1. The lowest BCUT2D eigenvalue weighted by atomic mass is 10.1. The van der Waals surface area contributed by atoms with Gasteiger partial charge in [0.15, 0.2) is 0 Å². The zero-order valence-electron chi connectivity index (χ0n) is 10.9. The highest BCUT2D eigenvalue weighted by atomic mass is 32.2. The van der Waals surface area contributed by atoms with E-state index >= 15 is 0 Å². The van der Waals surface area contributed by atoms with Gasteiger partial charge in [-0.05, 0) is 55.0 Å². The molecule has 17 heavy (non-hydrogen) atoms. The third-order valence-electron chi connectivity index (χ3n) is 2.85. The number of halogens is 1. The van der Waals surface area contributed by atoms with Gasteiger partial charge in [-0.15, -0.1) is 0 Å². The van der Waals surface area contributed by atoms with Crippen LogP contribution in [-0.4, -0.2) is 17.5 Å². The van der Waals surface area contributed by atoms with Crippen LogP contribution in [0.2, 0.25) is 0 Å². The van der Waals surface area contributed by atoms with Gasteiger partial charge in [-0.25, -0.2) is 4.39 Å². The van der Waals surface area contributed by atoms with E-state index in [1.54, 1.807) is 6.07 Å². The number of benzene rings is 1. The third kappa shape index (κ3) is 5.55. The van der Waals surface area contributed by atoms with E-state index in [9.17, 15) is 4.39 Å². The Bertz CT molecular complexity index is 341. The quantitative estimate of drug-likeness (QED) is 0.745. The zero-order chi connectivity index (χ0) is 12.7. The maximum Gasteiger partial charge on any atom is 0.123 e. The number of hydrogen-bond donors (Lipinski definition) is 1. The van der Waals surface area contributed by atoms with Gasteiger partial charge < -0.3 is 5.32 Å². The van der Waals surface area contributed by atoms with Crippen LogP contribution in [0.1, 0.15) is 31.4 Å². The maximum atomic E-state index is 13.1. The molecule has 0 aromatic heterocycles. The minimum atomic E-state index is -0.151. The lowest BCUT2D eigenvalue weighted by Gasteiger charge is -2.14. The zero-order valence-corrected chi connectivity index (χ0v) is 11.7. The standard InChI is InChI=1S/C14H22FNS/c1-4-17-8-7-12(3)16-10-13-9-14(15)6-5-11(13)2/h5-6,9,12,16H,4,7-8,10H2,1-3H3. The topological polar surface area (TPSA) is 12.0 Å². The molecule has 1 N–H and O–H groups in total. The van der Waals surface area contributed by atoms with Gasteiger partial charge in [-0.3, -0.25) is 0 Å². The number of nitrogens with one attached hydrogen (secondary N) is 1. The molecule has 1 unspecified atom stereocenters. The number of hydrogen-bond acceptors (Lipinski definition) is 2. The molecule has 0 amide bonds. The summed E-state index contributed by atoms with van der Waals surface area (Å²) in [6.45, 7) is 7.14. The highest BCUT2D eigenvalue weighted by Gasteiger charge is 2.04. The normalized spacial score (nSPS) is 12.7. The maximum absolute atomic E-state index is 13.1. The Morgan fingerprint density at radius 1 is 1.41 bits per heavy atom. The Morgan fingerprint density at radius 3 is 2.88 bits per heavy atom. The van der Waals surface area contributed by atoms with Gasteiger partial charge in [0.2, 0.25) is 0 Å². The SMILES string of the molecule is CCSCCC(C)NCc1cc(F)ccc1C. The fourth-order valence-corrected chi connectivity index (χ4v) is 2.43. The third-order valence-corrected chi connectivity index (χ3v) is 3.78. The fourth-order valence-electron chi connectivity index (χ4n) is 1.62. The molecule has 1 atom stereocenters. The van der Waals surface area contributed by atoms with Crippen molar-refractivity contribution in [3.8, 4) is 0 Å². The first-order valence-corrected chi connectivity index (χ1v) is 7.35. The molecule has 1 aromatic rings. The smallest absolute Gasteiger partial charge is 0.123 e. The van der Waals surface area contributed by atoms with Gasteiger partial charge in [-0.2, -0.15) is 11.8 Å². The highest BCUT2D eigenvalue weighted by Crippen LogP contribution is 2.11. The van der Waals surface area contributed by atoms with Crippen molar-refractivity contribution < 1.29 is 4.39 Å². The molecule has 1 nitrogen and oxygen atoms in total. The van der Waals surface area contributed by atoms with Gasteiger partial charge in [-0.1, -0.05) is 13.0 Å². The van der Waals surface area contributed by atoms with Crippen molar-refractivity contribution in [3.05, 3.63) is 35.1 Å². The predicted molar refractivity (Wildman–Crippen MR) is 75.1 cm³/mol. The Hall–Kier alpha value is -0.540. The van der Waals surface area contributed by atoms with Crippen LogP contribution in [0, 0.1) is 12.7 Å². The monoisotopic (exact) mass is 255 g/mol. The van der Waals surface area contributed by atoms with Crippen LogP contribution in [0.25, 0.3) is 0 Å². The first kappa shape index (κ1) is 14.5. The van der Waals surface area contributed by atoms with Crippen molar-refractivity contribution in [2.75, 3.05) is 11.5 Å². The van der Waals surface area contributed by atoms with Gasteiger partial charge in [0, 0.05) is 12.6 Å². The van der Waals surface area contributed by atoms with Gasteiger partial charge in [0.1, 0.15) is 5.82 Å². The number of rotatable bonds is 7. The van der Waals surface area contributed by atoms with Gasteiger partial charge in [0.25, 0.3) is 0 Å². The molecule has 96 valence electrons. The van der Waals surface area contributed by atoms with Crippen LogP contribution < -0.4 is 5.32 Å². The van der Waals surface area contributed by atoms with E-state index in [1.807, 2.05) is 24.8 Å². The van der Waals surface area contributed by atoms with E-state index in [-0.39, 0.29) is 5.82 Å². The second kappa shape index (κ2) is 7.72. The molecule has 0 heterocycles. The summed E-state index contributed by atoms with van der Waals surface area (Å²) in [6.07, 6.45) is 1.16. The van der Waals surface area contributed by atoms with E-state index in [0.717, 1.165) is 24.1 Å². The molecule has 0 fully saturated rings. The molecule has 0 aliphatic carbocycles. The van der Waals surface area contributed by atoms with Crippen molar-refractivity contribution in [2.24, 2.45) is 0 Å². The van der Waals surface area contributed by atoms with Crippen molar-refractivity contribution >= 4 is 11.8 Å². The molecule has 3 heteroatoms. The Labute approximate surface area is 108 Å². The second-order valence-electron chi connectivity index (χ2n) is 4.34. The molecule has 0 bridgehead atoms. The molecular weight excluding hydrogens is 233 g/mol. The highest BCUT2D eigenvalue weighted by molar-refractivity contribution is 7.99. The van der Waals surface area contributed by atoms with Crippen molar-refractivity contribution in [1.82, 2.24) is 5.32 Å². The molecule has 1 rings (SSSR count). The summed E-state index contributed by atoms with van der Waals surface area (Å²) in [4.78, 5) is 0. The summed E-state index contributed by atoms with van der Waals surface area (Å²) in [5.41, 5.74) is 2.20. The molecule has 0 spiro atoms. The van der Waals surface area contributed by atoms with Gasteiger partial charge in [0.05, 0.1) is 0 Å². The predicted octanol–water partition coefficient (Wildman–Crippen LogP) is 3.76. The van der Waals surface area contributed by atoms with Crippen LogP contribution in [0.3, 0.4) is 0 Å². The van der Waals surface area contributed by atoms with Crippen LogP contribution in [0.5, 0.6) is 0 Å². The first-order chi connectivity index (χ1) is 8.13. The van der Waals surface area contributed by atoms with E-state index in [1.165, 1.54) is 17.6 Å². The van der Waals surface area contributed by atoms with Crippen molar-refractivity contribution in [1.29, 1.82) is 0 Å². The summed E-state index contributed by atoms with van der Waals surface area (Å²) < 4.78 is 13.1. The lowest BCUT2D eigenvalue weighted by Crippen LogP contribution is -2.26. The minimum Gasteiger partial charge on any atom is -0.310 e. The fraction of sp³-hybridized carbons (Fsp3) is 0.571. The van der Waals surface area contributed by atoms with E-state index < -0.39 is 0 Å². The Kier molecular flexibility index (Phi) is 6.60. The van der Waals surface area contributed by atoms with Crippen molar-refractivity contribution in [2.45, 2.75) is 39.8 Å². The van der Waals surface area contributed by atoms with E-state index in [0.29, 0.717) is 6.04 Å². The lowest BCUT2D eigenvalue weighted by molar-refractivity contribution is 0.534. The Balaban J connectivity index is 2.36. The van der Waals surface area contributed by atoms with Crippen LogP contribution in [0.4, 0.5) is 4.39 Å². The van der Waals surface area contributed by atoms with Crippen LogP contribution in [-0.2, 0) is 6.54 Å². The molecule has 0 saturated heterocycles. The summed E-state index contributed by atoms with van der Waals surface area (Å²) in [5, 5.41) is 3.45. The molecule has 1 aromatic carbocycles. The number of thioether (sulfide) groups is 1. The first-order valence-electron chi connectivity index (χ1n) is 6.19. The minimum absolute atomic E-state index is 0.151. The summed E-state index contributed by atoms with van der Waals surface area (Å²) >= 11 is 1.96. The molecule has 0 aliphatic rings. The largest absolute Gasteiger partial charge is 0.310 e. The van der Waals surface area contributed by atoms with E-state index in [2.05, 4.69) is 19.2 Å².